The number of aliphatic hydroxyl groups is 1. The van der Waals surface area contributed by atoms with E-state index in [1.165, 1.54) is 38.5 Å². The van der Waals surface area contributed by atoms with Gasteiger partial charge in [-0.2, -0.15) is 0 Å². The highest BCUT2D eigenvalue weighted by atomic mass is 16.5. The van der Waals surface area contributed by atoms with Crippen LogP contribution in [0.15, 0.2) is 24.7 Å². The Bertz CT molecular complexity index is 755. The van der Waals surface area contributed by atoms with Gasteiger partial charge in [0.05, 0.1) is 30.3 Å². The lowest BCUT2D eigenvalue weighted by molar-refractivity contribution is -0.136. The molecule has 1 saturated carbocycles. The molecular weight excluding hydrogens is 404 g/mol. The van der Waals surface area contributed by atoms with Gasteiger partial charge in [-0.25, -0.2) is 4.98 Å². The first-order valence-corrected chi connectivity index (χ1v) is 12.8. The molecule has 3 heterocycles. The first-order chi connectivity index (χ1) is 15.6. The monoisotopic (exact) mass is 444 g/mol. The van der Waals surface area contributed by atoms with E-state index >= 15 is 0 Å². The predicted octanol–water partition coefficient (Wildman–Crippen LogP) is 5.27. The number of carboxylic acids is 1. The fourth-order valence-corrected chi connectivity index (χ4v) is 6.14. The Morgan fingerprint density at radius 2 is 1.94 bits per heavy atom. The molecule has 2 aliphatic heterocycles. The number of ether oxygens (including phenoxy) is 1. The summed E-state index contributed by atoms with van der Waals surface area (Å²) in [4.78, 5) is 15.2. The van der Waals surface area contributed by atoms with Gasteiger partial charge in [-0.3, -0.25) is 4.79 Å². The summed E-state index contributed by atoms with van der Waals surface area (Å²) < 4.78 is 8.35. The SMILES string of the molecule is O=C(O)CC/C=C\C[C@@H]1[C@H](Cn2cnc(C(O)CCCC3CCCCC3)c2)[C@H]2CC[C@@H]1O2. The summed E-state index contributed by atoms with van der Waals surface area (Å²) in [6.45, 7) is 0.872. The van der Waals surface area contributed by atoms with Crippen LogP contribution in [0.4, 0.5) is 0 Å². The van der Waals surface area contributed by atoms with Crippen molar-refractivity contribution in [3.8, 4) is 0 Å². The summed E-state index contributed by atoms with van der Waals surface area (Å²) in [5, 5.41) is 19.4. The molecule has 0 radical (unpaired) electrons. The third kappa shape index (κ3) is 6.22. The zero-order chi connectivity index (χ0) is 22.3. The molecule has 2 bridgehead atoms. The standard InChI is InChI=1S/C26H40N2O4/c29-23(12-7-10-19-8-3-1-4-9-19)22-17-28(18-27-22)16-21-20(24-14-15-25(21)32-24)11-5-2-6-13-26(30)31/h2,5,17-21,23-25,29H,1,3-4,6-16H2,(H,30,31)/b5-2-/t20-,21+,23?,24+,25-/m1/s1. The van der Waals surface area contributed by atoms with E-state index in [9.17, 15) is 9.90 Å². The Kier molecular flexibility index (Phi) is 8.42. The molecule has 3 fully saturated rings. The maximum Gasteiger partial charge on any atom is 0.303 e. The lowest BCUT2D eigenvalue weighted by Crippen LogP contribution is -2.30. The molecule has 5 atom stereocenters. The molecule has 32 heavy (non-hydrogen) atoms. The van der Waals surface area contributed by atoms with Gasteiger partial charge < -0.3 is 19.5 Å². The number of hydrogen-bond acceptors (Lipinski definition) is 4. The lowest BCUT2D eigenvalue weighted by Gasteiger charge is -2.27. The third-order valence-corrected chi connectivity index (χ3v) is 7.92. The number of aromatic nitrogens is 2. The van der Waals surface area contributed by atoms with Crippen molar-refractivity contribution in [2.45, 2.75) is 108 Å². The number of hydrogen-bond donors (Lipinski definition) is 2. The van der Waals surface area contributed by atoms with E-state index in [4.69, 9.17) is 9.84 Å². The van der Waals surface area contributed by atoms with Gasteiger partial charge in [-0.15, -0.1) is 0 Å². The van der Waals surface area contributed by atoms with Crippen molar-refractivity contribution >= 4 is 5.97 Å². The van der Waals surface area contributed by atoms with Gasteiger partial charge in [0.1, 0.15) is 0 Å². The van der Waals surface area contributed by atoms with E-state index in [0.29, 0.717) is 30.5 Å². The molecule has 1 unspecified atom stereocenters. The first kappa shape index (κ1) is 23.5. The predicted molar refractivity (Wildman–Crippen MR) is 123 cm³/mol. The van der Waals surface area contributed by atoms with Crippen LogP contribution in [0.1, 0.15) is 95.3 Å². The van der Waals surface area contributed by atoms with Crippen LogP contribution in [0.2, 0.25) is 0 Å². The summed E-state index contributed by atoms with van der Waals surface area (Å²) in [7, 11) is 0. The maximum absolute atomic E-state index is 10.7. The van der Waals surface area contributed by atoms with Crippen LogP contribution in [-0.4, -0.2) is 37.9 Å². The normalized spacial score (nSPS) is 29.2. The van der Waals surface area contributed by atoms with Gasteiger partial charge in [0.2, 0.25) is 0 Å². The Morgan fingerprint density at radius 1 is 1.16 bits per heavy atom. The summed E-state index contributed by atoms with van der Waals surface area (Å²) in [6, 6.07) is 0. The Balaban J connectivity index is 1.25. The van der Waals surface area contributed by atoms with Crippen molar-refractivity contribution in [3.05, 3.63) is 30.4 Å². The van der Waals surface area contributed by atoms with E-state index in [0.717, 1.165) is 50.3 Å². The molecule has 1 aromatic rings. The second-order valence-electron chi connectivity index (χ2n) is 10.2. The molecule has 1 aromatic heterocycles. The molecule has 0 spiro atoms. The van der Waals surface area contributed by atoms with E-state index in [1.54, 1.807) is 0 Å². The molecule has 1 aliphatic carbocycles. The van der Waals surface area contributed by atoms with Gasteiger partial charge in [0.25, 0.3) is 0 Å². The van der Waals surface area contributed by atoms with Crippen LogP contribution in [0, 0.1) is 17.8 Å². The Hall–Kier alpha value is -1.66. The van der Waals surface area contributed by atoms with Crippen molar-refractivity contribution in [2.75, 3.05) is 0 Å². The zero-order valence-corrected chi connectivity index (χ0v) is 19.3. The minimum Gasteiger partial charge on any atom is -0.481 e. The van der Waals surface area contributed by atoms with Gasteiger partial charge >= 0.3 is 5.97 Å². The molecule has 178 valence electrons. The molecule has 6 heteroatoms. The molecule has 0 aromatic carbocycles. The molecule has 6 nitrogen and oxygen atoms in total. The Morgan fingerprint density at radius 3 is 2.72 bits per heavy atom. The quantitative estimate of drug-likeness (QED) is 0.429. The van der Waals surface area contributed by atoms with E-state index in [1.807, 2.05) is 18.6 Å². The van der Waals surface area contributed by atoms with Crippen molar-refractivity contribution in [2.24, 2.45) is 17.8 Å². The van der Waals surface area contributed by atoms with Crippen LogP contribution < -0.4 is 0 Å². The van der Waals surface area contributed by atoms with Crippen LogP contribution in [0.3, 0.4) is 0 Å². The number of aliphatic carboxylic acids is 1. The molecule has 2 saturated heterocycles. The second kappa shape index (κ2) is 11.5. The largest absolute Gasteiger partial charge is 0.481 e. The minimum atomic E-state index is -0.747. The summed E-state index contributed by atoms with van der Waals surface area (Å²) in [5.41, 5.74) is 0.794. The van der Waals surface area contributed by atoms with E-state index in [2.05, 4.69) is 15.6 Å². The smallest absolute Gasteiger partial charge is 0.303 e. The van der Waals surface area contributed by atoms with Gasteiger partial charge in [0, 0.05) is 25.1 Å². The van der Waals surface area contributed by atoms with Gasteiger partial charge in [-0.1, -0.05) is 57.1 Å². The fourth-order valence-electron chi connectivity index (χ4n) is 6.14. The van der Waals surface area contributed by atoms with Crippen LogP contribution in [-0.2, 0) is 16.1 Å². The maximum atomic E-state index is 10.7. The average Bonchev–Trinajstić information content (AvgIpc) is 3.52. The van der Waals surface area contributed by atoms with Crippen LogP contribution >= 0.6 is 0 Å². The number of allylic oxidation sites excluding steroid dienone is 2. The molecule has 0 amide bonds. The van der Waals surface area contributed by atoms with E-state index < -0.39 is 12.1 Å². The lowest BCUT2D eigenvalue weighted by atomic mass is 9.77. The number of imidazole rings is 1. The van der Waals surface area contributed by atoms with Crippen molar-refractivity contribution < 1.29 is 19.7 Å². The number of carbonyl (C=O) groups is 1. The zero-order valence-electron chi connectivity index (χ0n) is 19.3. The number of fused-ring (bicyclic) bond motifs is 2. The summed E-state index contributed by atoms with van der Waals surface area (Å²) >= 11 is 0. The number of carboxylic acid groups (broad SMARTS) is 1. The fraction of sp³-hybridized carbons (Fsp3) is 0.769. The summed E-state index contributed by atoms with van der Waals surface area (Å²) in [6.07, 6.45) is 22.2. The van der Waals surface area contributed by atoms with Crippen LogP contribution in [0.5, 0.6) is 0 Å². The molecule has 2 N–H and O–H groups in total. The van der Waals surface area contributed by atoms with Crippen LogP contribution in [0.25, 0.3) is 0 Å². The third-order valence-electron chi connectivity index (χ3n) is 7.92. The highest BCUT2D eigenvalue weighted by molar-refractivity contribution is 5.66. The highest BCUT2D eigenvalue weighted by Crippen LogP contribution is 2.46. The Labute approximate surface area is 192 Å². The minimum absolute atomic E-state index is 0.188. The van der Waals surface area contributed by atoms with E-state index in [-0.39, 0.29) is 6.42 Å². The van der Waals surface area contributed by atoms with Gasteiger partial charge in [0.15, 0.2) is 0 Å². The second-order valence-corrected chi connectivity index (χ2v) is 10.2. The average molecular weight is 445 g/mol. The highest BCUT2D eigenvalue weighted by Gasteiger charge is 2.48. The molecular formula is C26H40N2O4. The molecule has 4 rings (SSSR count). The number of aliphatic hydroxyl groups excluding tert-OH is 1. The first-order valence-electron chi connectivity index (χ1n) is 12.8. The number of nitrogens with zero attached hydrogens (tertiary/aromatic N) is 2. The van der Waals surface area contributed by atoms with Crippen molar-refractivity contribution in [1.82, 2.24) is 9.55 Å². The molecule has 3 aliphatic rings. The summed E-state index contributed by atoms with van der Waals surface area (Å²) in [5.74, 6) is 1.04. The van der Waals surface area contributed by atoms with Gasteiger partial charge in [-0.05, 0) is 43.9 Å². The van der Waals surface area contributed by atoms with Crippen molar-refractivity contribution in [3.63, 3.8) is 0 Å². The number of rotatable bonds is 12. The topological polar surface area (TPSA) is 84.6 Å². The van der Waals surface area contributed by atoms with Crippen molar-refractivity contribution in [1.29, 1.82) is 0 Å².